The number of hydrogen-bond donors (Lipinski definition) is 3. The number of benzene rings is 2. The lowest BCUT2D eigenvalue weighted by Gasteiger charge is -2.14. The lowest BCUT2D eigenvalue weighted by atomic mass is 10.1. The van der Waals surface area contributed by atoms with Crippen molar-refractivity contribution in [2.75, 3.05) is 38.7 Å². The minimum absolute atomic E-state index is 0.120. The van der Waals surface area contributed by atoms with E-state index < -0.39 is 0 Å². The first-order valence-corrected chi connectivity index (χ1v) is 10.2. The fraction of sp³-hybridized carbons (Fsp3) is 0.391. The molecule has 0 aliphatic heterocycles. The Hall–Kier alpha value is -3.06. The Morgan fingerprint density at radius 3 is 2.60 bits per heavy atom. The molecule has 0 unspecified atom stereocenters. The SMILES string of the molecule is CCNC(=NCc1ccc(C)cc1OCCCOC)NCC(=O)Nc1ccccc1. The fourth-order valence-electron chi connectivity index (χ4n) is 2.71. The number of aliphatic imine (C=N–C) groups is 1. The Bertz CT molecular complexity index is 809. The fourth-order valence-corrected chi connectivity index (χ4v) is 2.71. The number of aryl methyl sites for hydroxylation is 1. The molecule has 7 nitrogen and oxygen atoms in total. The summed E-state index contributed by atoms with van der Waals surface area (Å²) in [5.74, 6) is 1.27. The van der Waals surface area contributed by atoms with Gasteiger partial charge < -0.3 is 25.4 Å². The van der Waals surface area contributed by atoms with Gasteiger partial charge in [0.1, 0.15) is 5.75 Å². The van der Waals surface area contributed by atoms with E-state index >= 15 is 0 Å². The molecule has 30 heavy (non-hydrogen) atoms. The van der Waals surface area contributed by atoms with Crippen LogP contribution in [-0.4, -0.2) is 45.3 Å². The molecule has 162 valence electrons. The predicted molar refractivity (Wildman–Crippen MR) is 121 cm³/mol. The summed E-state index contributed by atoms with van der Waals surface area (Å²) >= 11 is 0. The lowest BCUT2D eigenvalue weighted by molar-refractivity contribution is -0.115. The van der Waals surface area contributed by atoms with Crippen molar-refractivity contribution in [3.05, 3.63) is 59.7 Å². The van der Waals surface area contributed by atoms with Crippen LogP contribution in [0.5, 0.6) is 5.75 Å². The molecule has 0 heterocycles. The minimum atomic E-state index is -0.135. The number of carbonyl (C=O) groups is 1. The highest BCUT2D eigenvalue weighted by atomic mass is 16.5. The molecule has 0 atom stereocenters. The number of nitrogens with one attached hydrogen (secondary N) is 3. The highest BCUT2D eigenvalue weighted by Gasteiger charge is 2.07. The van der Waals surface area contributed by atoms with Gasteiger partial charge in [0.2, 0.25) is 5.91 Å². The van der Waals surface area contributed by atoms with Crippen LogP contribution in [-0.2, 0) is 16.1 Å². The van der Waals surface area contributed by atoms with Crippen LogP contribution in [0.25, 0.3) is 0 Å². The minimum Gasteiger partial charge on any atom is -0.493 e. The Morgan fingerprint density at radius 2 is 1.87 bits per heavy atom. The van der Waals surface area contributed by atoms with Gasteiger partial charge in [-0.25, -0.2) is 4.99 Å². The van der Waals surface area contributed by atoms with E-state index in [-0.39, 0.29) is 12.5 Å². The summed E-state index contributed by atoms with van der Waals surface area (Å²) in [5, 5.41) is 9.08. The second-order valence-corrected chi connectivity index (χ2v) is 6.77. The van der Waals surface area contributed by atoms with Gasteiger partial charge >= 0.3 is 0 Å². The van der Waals surface area contributed by atoms with Crippen LogP contribution in [0.15, 0.2) is 53.5 Å². The zero-order chi connectivity index (χ0) is 21.6. The average molecular weight is 413 g/mol. The summed E-state index contributed by atoms with van der Waals surface area (Å²) in [6.07, 6.45) is 0.827. The van der Waals surface area contributed by atoms with Crippen molar-refractivity contribution in [2.45, 2.75) is 26.8 Å². The second kappa shape index (κ2) is 13.2. The van der Waals surface area contributed by atoms with Gasteiger partial charge in [-0.3, -0.25) is 4.79 Å². The van der Waals surface area contributed by atoms with Crippen molar-refractivity contribution < 1.29 is 14.3 Å². The molecule has 0 radical (unpaired) electrons. The molecule has 3 N–H and O–H groups in total. The molecule has 0 bridgehead atoms. The topological polar surface area (TPSA) is 84.0 Å². The number of guanidine groups is 1. The molecule has 0 fully saturated rings. The largest absolute Gasteiger partial charge is 0.493 e. The molecule has 2 aromatic rings. The number of hydrogen-bond acceptors (Lipinski definition) is 4. The van der Waals surface area contributed by atoms with Crippen LogP contribution in [0.2, 0.25) is 0 Å². The normalized spacial score (nSPS) is 11.1. The third-order valence-electron chi connectivity index (χ3n) is 4.20. The van der Waals surface area contributed by atoms with Crippen LogP contribution >= 0.6 is 0 Å². The predicted octanol–water partition coefficient (Wildman–Crippen LogP) is 3.10. The average Bonchev–Trinajstić information content (AvgIpc) is 2.75. The monoisotopic (exact) mass is 412 g/mol. The molecular weight excluding hydrogens is 380 g/mol. The highest BCUT2D eigenvalue weighted by Crippen LogP contribution is 2.21. The molecule has 0 saturated carbocycles. The van der Waals surface area contributed by atoms with E-state index in [0.717, 1.165) is 29.0 Å². The van der Waals surface area contributed by atoms with Gasteiger partial charge in [0.25, 0.3) is 0 Å². The Balaban J connectivity index is 1.95. The quantitative estimate of drug-likeness (QED) is 0.300. The van der Waals surface area contributed by atoms with E-state index in [2.05, 4.69) is 20.9 Å². The molecule has 0 aromatic heterocycles. The maximum atomic E-state index is 12.2. The zero-order valence-electron chi connectivity index (χ0n) is 18.0. The Morgan fingerprint density at radius 1 is 1.07 bits per heavy atom. The maximum absolute atomic E-state index is 12.2. The van der Waals surface area contributed by atoms with Crippen LogP contribution in [0.1, 0.15) is 24.5 Å². The first-order chi connectivity index (χ1) is 14.6. The number of carbonyl (C=O) groups excluding carboxylic acids is 1. The molecule has 0 saturated heterocycles. The van der Waals surface area contributed by atoms with Crippen molar-refractivity contribution in [1.82, 2.24) is 10.6 Å². The third-order valence-corrected chi connectivity index (χ3v) is 4.20. The molecular formula is C23H32N4O3. The molecule has 0 aliphatic rings. The van der Waals surface area contributed by atoms with Crippen LogP contribution in [0.4, 0.5) is 5.69 Å². The molecule has 2 aromatic carbocycles. The number of para-hydroxylation sites is 1. The van der Waals surface area contributed by atoms with E-state index in [1.54, 1.807) is 7.11 Å². The van der Waals surface area contributed by atoms with Gasteiger partial charge in [0, 0.05) is 37.9 Å². The highest BCUT2D eigenvalue weighted by molar-refractivity contribution is 5.94. The molecule has 7 heteroatoms. The maximum Gasteiger partial charge on any atom is 0.243 e. The number of ether oxygens (including phenoxy) is 2. The molecule has 0 aliphatic carbocycles. The molecule has 0 spiro atoms. The Labute approximate surface area is 178 Å². The molecule has 2 rings (SSSR count). The van der Waals surface area contributed by atoms with Gasteiger partial charge in [-0.05, 0) is 37.6 Å². The van der Waals surface area contributed by atoms with Gasteiger partial charge in [0.15, 0.2) is 5.96 Å². The number of rotatable bonds is 11. The van der Waals surface area contributed by atoms with E-state index in [1.165, 1.54) is 0 Å². The standard InChI is InChI=1S/C23H32N4O3/c1-4-24-23(26-17-22(28)27-20-9-6-5-7-10-20)25-16-19-12-11-18(2)15-21(19)30-14-8-13-29-3/h5-7,9-12,15H,4,8,13-14,16-17H2,1-3H3,(H,27,28)(H2,24,25,26). The van der Waals surface area contributed by atoms with Crippen molar-refractivity contribution in [1.29, 1.82) is 0 Å². The lowest BCUT2D eigenvalue weighted by Crippen LogP contribution is -2.41. The van der Waals surface area contributed by atoms with E-state index in [4.69, 9.17) is 9.47 Å². The van der Waals surface area contributed by atoms with Gasteiger partial charge in [-0.1, -0.05) is 30.3 Å². The van der Waals surface area contributed by atoms with E-state index in [0.29, 0.717) is 32.3 Å². The number of methoxy groups -OCH3 is 1. The van der Waals surface area contributed by atoms with Gasteiger partial charge in [0.05, 0.1) is 19.7 Å². The van der Waals surface area contributed by atoms with Gasteiger partial charge in [-0.2, -0.15) is 0 Å². The summed E-state index contributed by atoms with van der Waals surface area (Å²) in [6.45, 7) is 6.53. The second-order valence-electron chi connectivity index (χ2n) is 6.77. The first kappa shape index (κ1) is 23.2. The van der Waals surface area contributed by atoms with Crippen LogP contribution in [0.3, 0.4) is 0 Å². The van der Waals surface area contributed by atoms with Crippen molar-refractivity contribution in [3.8, 4) is 5.75 Å². The summed E-state index contributed by atoms with van der Waals surface area (Å²) in [7, 11) is 1.68. The van der Waals surface area contributed by atoms with E-state index in [1.807, 2.05) is 62.4 Å². The number of nitrogens with zero attached hydrogens (tertiary/aromatic N) is 1. The first-order valence-electron chi connectivity index (χ1n) is 10.2. The van der Waals surface area contributed by atoms with E-state index in [9.17, 15) is 4.79 Å². The zero-order valence-corrected chi connectivity index (χ0v) is 18.0. The summed E-state index contributed by atoms with van der Waals surface area (Å²) in [6, 6.07) is 15.5. The number of amides is 1. The third kappa shape index (κ3) is 8.53. The van der Waals surface area contributed by atoms with Gasteiger partial charge in [-0.15, -0.1) is 0 Å². The summed E-state index contributed by atoms with van der Waals surface area (Å²) < 4.78 is 11.0. The summed E-state index contributed by atoms with van der Waals surface area (Å²) in [5.41, 5.74) is 2.89. The number of anilines is 1. The van der Waals surface area contributed by atoms with Crippen LogP contribution < -0.4 is 20.7 Å². The van der Waals surface area contributed by atoms with Crippen molar-refractivity contribution in [2.24, 2.45) is 4.99 Å². The smallest absolute Gasteiger partial charge is 0.243 e. The summed E-state index contributed by atoms with van der Waals surface area (Å²) in [4.78, 5) is 16.8. The Kier molecular flexibility index (Phi) is 10.2. The molecule has 1 amide bonds. The van der Waals surface area contributed by atoms with Crippen molar-refractivity contribution >= 4 is 17.6 Å². The van der Waals surface area contributed by atoms with Crippen molar-refractivity contribution in [3.63, 3.8) is 0 Å². The van der Waals surface area contributed by atoms with Crippen LogP contribution in [0, 0.1) is 6.92 Å².